The molecule has 41 heavy (non-hydrogen) atoms. The summed E-state index contributed by atoms with van der Waals surface area (Å²) < 4.78 is 68.9. The van der Waals surface area contributed by atoms with Gasteiger partial charge in [-0.15, -0.1) is 0 Å². The molecule has 1 N–H and O–H groups in total. The Morgan fingerprint density at radius 3 is 2.27 bits per heavy atom. The lowest BCUT2D eigenvalue weighted by molar-refractivity contribution is -0.139. The molecule has 220 valence electrons. The highest BCUT2D eigenvalue weighted by Crippen LogP contribution is 2.37. The first kappa shape index (κ1) is 32.2. The Labute approximate surface area is 246 Å². The number of benzene rings is 3. The Kier molecular flexibility index (Phi) is 10.7. The molecule has 0 aliphatic heterocycles. The average molecular weight is 631 g/mol. The van der Waals surface area contributed by atoms with Crippen LogP contribution in [0.1, 0.15) is 31.4 Å². The van der Waals surface area contributed by atoms with Gasteiger partial charge in [-0.25, -0.2) is 8.42 Å². The molecule has 13 heteroatoms. The van der Waals surface area contributed by atoms with Gasteiger partial charge < -0.3 is 10.2 Å². The molecule has 2 amide bonds. The van der Waals surface area contributed by atoms with E-state index >= 15 is 0 Å². The minimum atomic E-state index is -4.81. The van der Waals surface area contributed by atoms with Gasteiger partial charge in [-0.3, -0.25) is 13.9 Å². The lowest BCUT2D eigenvalue weighted by atomic mass is 10.1. The monoisotopic (exact) mass is 629 g/mol. The number of hydrogen-bond donors (Lipinski definition) is 1. The highest BCUT2D eigenvalue weighted by Gasteiger charge is 2.36. The number of rotatable bonds is 11. The van der Waals surface area contributed by atoms with Crippen molar-refractivity contribution in [3.8, 4) is 0 Å². The third-order valence-corrected chi connectivity index (χ3v) is 8.44. The third-order valence-electron chi connectivity index (χ3n) is 6.11. The summed E-state index contributed by atoms with van der Waals surface area (Å²) in [5, 5.41) is 2.76. The van der Waals surface area contributed by atoms with E-state index < -0.39 is 51.9 Å². The normalized spacial score (nSPS) is 12.5. The van der Waals surface area contributed by atoms with Crippen LogP contribution in [-0.2, 0) is 32.3 Å². The van der Waals surface area contributed by atoms with Gasteiger partial charge in [0.15, 0.2) is 0 Å². The number of carbonyl (C=O) groups is 2. The van der Waals surface area contributed by atoms with Gasteiger partial charge in [0.05, 0.1) is 21.2 Å². The fourth-order valence-electron chi connectivity index (χ4n) is 3.92. The molecule has 3 aromatic rings. The van der Waals surface area contributed by atoms with Crippen LogP contribution in [0.25, 0.3) is 0 Å². The second-order valence-electron chi connectivity index (χ2n) is 9.11. The van der Waals surface area contributed by atoms with Crippen LogP contribution in [0.15, 0.2) is 77.7 Å². The van der Waals surface area contributed by atoms with Crippen molar-refractivity contribution in [2.75, 3.05) is 17.4 Å². The van der Waals surface area contributed by atoms with Crippen LogP contribution in [0.4, 0.5) is 18.9 Å². The minimum absolute atomic E-state index is 0.129. The van der Waals surface area contributed by atoms with Gasteiger partial charge in [0, 0.05) is 18.1 Å². The van der Waals surface area contributed by atoms with E-state index in [0.717, 1.165) is 11.0 Å². The summed E-state index contributed by atoms with van der Waals surface area (Å²) in [7, 11) is -4.59. The molecule has 0 radical (unpaired) electrons. The van der Waals surface area contributed by atoms with Crippen molar-refractivity contribution in [3.05, 3.63) is 94.0 Å². The standard InChI is InChI=1S/C28H28Cl2F3N3O4S/c1-3-14-34-27(38)19(2)35(17-20-8-7-9-22(29)15-20)26(37)18-36(41(39,40)23-10-5-4-6-11-23)25-16-21(28(31,32)33)12-13-24(25)30/h4-13,15-16,19H,3,14,17-18H2,1-2H3,(H,34,38). The van der Waals surface area contributed by atoms with Crippen molar-refractivity contribution in [1.82, 2.24) is 10.2 Å². The molecule has 1 unspecified atom stereocenters. The first-order valence-corrected chi connectivity index (χ1v) is 14.7. The summed E-state index contributed by atoms with van der Waals surface area (Å²) in [4.78, 5) is 27.6. The van der Waals surface area contributed by atoms with E-state index in [1.165, 1.54) is 31.2 Å². The summed E-state index contributed by atoms with van der Waals surface area (Å²) in [6.07, 6.45) is -4.17. The molecule has 7 nitrogen and oxygen atoms in total. The van der Waals surface area contributed by atoms with Crippen molar-refractivity contribution in [2.24, 2.45) is 0 Å². The summed E-state index contributed by atoms with van der Waals surface area (Å²) in [6, 6.07) is 14.6. The fourth-order valence-corrected chi connectivity index (χ4v) is 5.85. The lowest BCUT2D eigenvalue weighted by Gasteiger charge is -2.32. The Bertz CT molecular complexity index is 1490. The van der Waals surface area contributed by atoms with E-state index in [9.17, 15) is 31.2 Å². The third kappa shape index (κ3) is 8.15. The van der Waals surface area contributed by atoms with E-state index in [1.54, 1.807) is 30.3 Å². The first-order valence-electron chi connectivity index (χ1n) is 12.5. The molecule has 0 aliphatic carbocycles. The molecular formula is C28H28Cl2F3N3O4S. The number of nitrogens with one attached hydrogen (secondary N) is 1. The predicted octanol–water partition coefficient (Wildman–Crippen LogP) is 6.15. The number of hydrogen-bond acceptors (Lipinski definition) is 4. The summed E-state index contributed by atoms with van der Waals surface area (Å²) in [5.74, 6) is -1.34. The molecule has 0 aliphatic rings. The van der Waals surface area contributed by atoms with Gasteiger partial charge in [0.25, 0.3) is 10.0 Å². The minimum Gasteiger partial charge on any atom is -0.354 e. The second-order valence-corrected chi connectivity index (χ2v) is 11.8. The maximum absolute atomic E-state index is 13.8. The topological polar surface area (TPSA) is 86.8 Å². The highest BCUT2D eigenvalue weighted by molar-refractivity contribution is 7.92. The molecule has 3 aromatic carbocycles. The van der Waals surface area contributed by atoms with Crippen LogP contribution in [0.5, 0.6) is 0 Å². The number of halogens is 5. The molecule has 0 bridgehead atoms. The molecule has 0 spiro atoms. The molecule has 0 heterocycles. The number of alkyl halides is 3. The Balaban J connectivity index is 2.12. The Morgan fingerprint density at radius 1 is 0.976 bits per heavy atom. The second kappa shape index (κ2) is 13.6. The number of carbonyl (C=O) groups excluding carboxylic acids is 2. The average Bonchev–Trinajstić information content (AvgIpc) is 2.93. The lowest BCUT2D eigenvalue weighted by Crippen LogP contribution is -2.51. The number of nitrogens with zero attached hydrogens (tertiary/aromatic N) is 2. The smallest absolute Gasteiger partial charge is 0.354 e. The van der Waals surface area contributed by atoms with E-state index in [4.69, 9.17) is 23.2 Å². The van der Waals surface area contributed by atoms with E-state index in [-0.39, 0.29) is 16.5 Å². The van der Waals surface area contributed by atoms with Crippen LogP contribution < -0.4 is 9.62 Å². The highest BCUT2D eigenvalue weighted by atomic mass is 35.5. The molecule has 0 saturated heterocycles. The van der Waals surface area contributed by atoms with E-state index in [1.807, 2.05) is 6.92 Å². The zero-order valence-electron chi connectivity index (χ0n) is 22.2. The van der Waals surface area contributed by atoms with Crippen LogP contribution in [0.2, 0.25) is 10.0 Å². The SMILES string of the molecule is CCCNC(=O)C(C)N(Cc1cccc(Cl)c1)C(=O)CN(c1cc(C(F)(F)F)ccc1Cl)S(=O)(=O)c1ccccc1. The number of anilines is 1. The van der Waals surface area contributed by atoms with Crippen LogP contribution in [0.3, 0.4) is 0 Å². The van der Waals surface area contributed by atoms with Gasteiger partial charge in [-0.1, -0.05) is 60.5 Å². The van der Waals surface area contributed by atoms with Crippen molar-refractivity contribution in [1.29, 1.82) is 0 Å². The Morgan fingerprint density at radius 2 is 1.66 bits per heavy atom. The quantitative estimate of drug-likeness (QED) is 0.276. The number of amides is 2. The van der Waals surface area contributed by atoms with Gasteiger partial charge >= 0.3 is 6.18 Å². The van der Waals surface area contributed by atoms with Crippen molar-refractivity contribution in [2.45, 2.75) is 43.9 Å². The number of sulfonamides is 1. The summed E-state index contributed by atoms with van der Waals surface area (Å²) >= 11 is 12.3. The van der Waals surface area contributed by atoms with Crippen LogP contribution >= 0.6 is 23.2 Å². The van der Waals surface area contributed by atoms with Crippen molar-refractivity contribution < 1.29 is 31.2 Å². The first-order chi connectivity index (χ1) is 19.3. The molecule has 3 rings (SSSR count). The maximum Gasteiger partial charge on any atom is 0.416 e. The molecular weight excluding hydrogens is 602 g/mol. The molecule has 0 aromatic heterocycles. The van der Waals surface area contributed by atoms with E-state index in [2.05, 4.69) is 5.32 Å². The molecule has 0 fully saturated rings. The van der Waals surface area contributed by atoms with Crippen LogP contribution in [0, 0.1) is 0 Å². The fraction of sp³-hybridized carbons (Fsp3) is 0.286. The van der Waals surface area contributed by atoms with Gasteiger partial charge in [-0.05, 0) is 61.4 Å². The largest absolute Gasteiger partial charge is 0.416 e. The summed E-state index contributed by atoms with van der Waals surface area (Å²) in [5.41, 5.74) is -1.14. The summed E-state index contributed by atoms with van der Waals surface area (Å²) in [6.45, 7) is 2.60. The van der Waals surface area contributed by atoms with Gasteiger partial charge in [0.2, 0.25) is 11.8 Å². The Hall–Kier alpha value is -3.28. The predicted molar refractivity (Wildman–Crippen MR) is 152 cm³/mol. The maximum atomic E-state index is 13.8. The van der Waals surface area contributed by atoms with Gasteiger partial charge in [0.1, 0.15) is 12.6 Å². The van der Waals surface area contributed by atoms with E-state index in [0.29, 0.717) is 40.0 Å². The van der Waals surface area contributed by atoms with Crippen molar-refractivity contribution >= 4 is 50.7 Å². The zero-order chi connectivity index (χ0) is 30.4. The molecule has 1 atom stereocenters. The zero-order valence-corrected chi connectivity index (χ0v) is 24.5. The van der Waals surface area contributed by atoms with Gasteiger partial charge in [-0.2, -0.15) is 13.2 Å². The molecule has 0 saturated carbocycles. The van der Waals surface area contributed by atoms with Crippen molar-refractivity contribution in [3.63, 3.8) is 0 Å². The van der Waals surface area contributed by atoms with Crippen LogP contribution in [-0.4, -0.2) is 44.3 Å².